The molecule has 154 valence electrons. The van der Waals surface area contributed by atoms with Crippen LogP contribution in [-0.2, 0) is 9.47 Å². The molecule has 1 aliphatic heterocycles. The zero-order chi connectivity index (χ0) is 20.8. The van der Waals surface area contributed by atoms with Crippen molar-refractivity contribution in [1.29, 1.82) is 0 Å². The molecule has 1 fully saturated rings. The molecule has 29 heavy (non-hydrogen) atoms. The van der Waals surface area contributed by atoms with E-state index in [9.17, 15) is 9.59 Å². The summed E-state index contributed by atoms with van der Waals surface area (Å²) < 4.78 is 21.3. The lowest BCUT2D eigenvalue weighted by molar-refractivity contribution is 0.0600. The fourth-order valence-electron chi connectivity index (χ4n) is 3.34. The smallest absolute Gasteiger partial charge is 0.337 e. The molecule has 0 aromatic heterocycles. The number of hydrogen-bond acceptors (Lipinski definition) is 6. The van der Waals surface area contributed by atoms with E-state index in [4.69, 9.17) is 14.2 Å². The first-order valence-electron chi connectivity index (χ1n) is 9.45. The van der Waals surface area contributed by atoms with E-state index >= 15 is 0 Å². The number of amides is 1. The van der Waals surface area contributed by atoms with Gasteiger partial charge in [0.05, 0.1) is 45.6 Å². The summed E-state index contributed by atoms with van der Waals surface area (Å²) in [5, 5.41) is 3.03. The Balaban J connectivity index is 1.73. The molecule has 0 unspecified atom stereocenters. The Morgan fingerprint density at radius 2 is 1.76 bits per heavy atom. The van der Waals surface area contributed by atoms with Crippen molar-refractivity contribution in [2.24, 2.45) is 0 Å². The van der Waals surface area contributed by atoms with Gasteiger partial charge in [-0.05, 0) is 48.9 Å². The van der Waals surface area contributed by atoms with Crippen LogP contribution < -0.4 is 14.8 Å². The van der Waals surface area contributed by atoms with Gasteiger partial charge in [-0.1, -0.05) is 6.07 Å². The second-order valence-corrected chi connectivity index (χ2v) is 6.64. The summed E-state index contributed by atoms with van der Waals surface area (Å²) in [5.74, 6) is 0.674. The van der Waals surface area contributed by atoms with Crippen LogP contribution in [0.15, 0.2) is 42.5 Å². The molecule has 1 aliphatic rings. The Morgan fingerprint density at radius 3 is 2.41 bits per heavy atom. The van der Waals surface area contributed by atoms with Crippen LogP contribution in [0.25, 0.3) is 0 Å². The SMILES string of the molecule is CCOc1cc([C@H]2COC[C@H]2NC(=O)c2ccc(C(=O)OC)cc2)ccc1OC. The van der Waals surface area contributed by atoms with Crippen molar-refractivity contribution >= 4 is 11.9 Å². The number of benzene rings is 2. The summed E-state index contributed by atoms with van der Waals surface area (Å²) in [6, 6.07) is 11.9. The summed E-state index contributed by atoms with van der Waals surface area (Å²) in [5.41, 5.74) is 1.87. The normalized spacial score (nSPS) is 18.2. The molecule has 2 atom stereocenters. The monoisotopic (exact) mass is 399 g/mol. The minimum Gasteiger partial charge on any atom is -0.493 e. The quantitative estimate of drug-likeness (QED) is 0.721. The number of carbonyl (C=O) groups excluding carboxylic acids is 2. The van der Waals surface area contributed by atoms with Crippen LogP contribution in [-0.4, -0.2) is 52.0 Å². The Labute approximate surface area is 169 Å². The second kappa shape index (κ2) is 9.43. The number of esters is 1. The van der Waals surface area contributed by atoms with E-state index in [1.165, 1.54) is 7.11 Å². The first kappa shape index (κ1) is 20.7. The predicted molar refractivity (Wildman–Crippen MR) is 107 cm³/mol. The number of rotatable bonds is 7. The van der Waals surface area contributed by atoms with Crippen molar-refractivity contribution in [2.45, 2.75) is 18.9 Å². The highest BCUT2D eigenvalue weighted by Crippen LogP contribution is 2.34. The molecule has 1 saturated heterocycles. The molecule has 7 heteroatoms. The molecule has 0 spiro atoms. The highest BCUT2D eigenvalue weighted by atomic mass is 16.5. The lowest BCUT2D eigenvalue weighted by Gasteiger charge is -2.21. The fraction of sp³-hybridized carbons (Fsp3) is 0.364. The first-order valence-corrected chi connectivity index (χ1v) is 9.45. The van der Waals surface area contributed by atoms with Crippen molar-refractivity contribution in [3.63, 3.8) is 0 Å². The third kappa shape index (κ3) is 4.68. The number of carbonyl (C=O) groups is 2. The van der Waals surface area contributed by atoms with Gasteiger partial charge in [0.2, 0.25) is 0 Å². The molecule has 2 aromatic rings. The fourth-order valence-corrected chi connectivity index (χ4v) is 3.34. The molecule has 7 nitrogen and oxygen atoms in total. The third-order valence-corrected chi connectivity index (χ3v) is 4.88. The lowest BCUT2D eigenvalue weighted by Crippen LogP contribution is -2.39. The standard InChI is InChI=1S/C22H25NO6/c1-4-29-20-11-16(9-10-19(20)26-2)17-12-28-13-18(17)23-21(24)14-5-7-15(8-6-14)22(25)27-3/h5-11,17-18H,4,12-13H2,1-3H3,(H,23,24)/t17-,18-/m1/s1. The molecule has 3 rings (SSSR count). The van der Waals surface area contributed by atoms with Crippen LogP contribution in [0, 0.1) is 0 Å². The molecule has 0 saturated carbocycles. The van der Waals surface area contributed by atoms with Gasteiger partial charge in [0.25, 0.3) is 5.91 Å². The molecule has 0 bridgehead atoms. The summed E-state index contributed by atoms with van der Waals surface area (Å²) in [7, 11) is 2.92. The Hall–Kier alpha value is -3.06. The Bertz CT molecular complexity index is 864. The molecule has 0 aliphatic carbocycles. The van der Waals surface area contributed by atoms with Crippen molar-refractivity contribution in [1.82, 2.24) is 5.32 Å². The molecule has 1 N–H and O–H groups in total. The highest BCUT2D eigenvalue weighted by Gasteiger charge is 2.31. The Kier molecular flexibility index (Phi) is 6.72. The number of methoxy groups -OCH3 is 2. The third-order valence-electron chi connectivity index (χ3n) is 4.88. The molecule has 0 radical (unpaired) electrons. The van der Waals surface area contributed by atoms with E-state index < -0.39 is 5.97 Å². The molecular weight excluding hydrogens is 374 g/mol. The number of ether oxygens (including phenoxy) is 4. The van der Waals surface area contributed by atoms with E-state index in [0.29, 0.717) is 42.4 Å². The average molecular weight is 399 g/mol. The van der Waals surface area contributed by atoms with Crippen molar-refractivity contribution in [3.05, 3.63) is 59.2 Å². The van der Waals surface area contributed by atoms with Crippen molar-refractivity contribution in [2.75, 3.05) is 34.0 Å². The predicted octanol–water partition coefficient (Wildman–Crippen LogP) is 2.79. The highest BCUT2D eigenvalue weighted by molar-refractivity contribution is 5.96. The molecule has 1 amide bonds. The van der Waals surface area contributed by atoms with Crippen LogP contribution in [0.3, 0.4) is 0 Å². The van der Waals surface area contributed by atoms with Gasteiger partial charge in [0.1, 0.15) is 0 Å². The van der Waals surface area contributed by atoms with Crippen LogP contribution in [0.1, 0.15) is 39.1 Å². The van der Waals surface area contributed by atoms with Gasteiger partial charge in [-0.15, -0.1) is 0 Å². The average Bonchev–Trinajstić information content (AvgIpc) is 3.21. The van der Waals surface area contributed by atoms with E-state index in [0.717, 1.165) is 5.56 Å². The summed E-state index contributed by atoms with van der Waals surface area (Å²) in [6.07, 6.45) is 0. The topological polar surface area (TPSA) is 83.1 Å². The van der Waals surface area contributed by atoms with E-state index in [-0.39, 0.29) is 17.9 Å². The molecular formula is C22H25NO6. The van der Waals surface area contributed by atoms with Gasteiger partial charge in [0.15, 0.2) is 11.5 Å². The second-order valence-electron chi connectivity index (χ2n) is 6.64. The first-order chi connectivity index (χ1) is 14.1. The maximum absolute atomic E-state index is 12.7. The zero-order valence-electron chi connectivity index (χ0n) is 16.8. The van der Waals surface area contributed by atoms with Gasteiger partial charge >= 0.3 is 5.97 Å². The van der Waals surface area contributed by atoms with E-state index in [1.807, 2.05) is 25.1 Å². The molecule has 1 heterocycles. The van der Waals surface area contributed by atoms with Crippen molar-refractivity contribution in [3.8, 4) is 11.5 Å². The summed E-state index contributed by atoms with van der Waals surface area (Å²) in [4.78, 5) is 24.2. The van der Waals surface area contributed by atoms with Gasteiger partial charge < -0.3 is 24.3 Å². The van der Waals surface area contributed by atoms with E-state index in [2.05, 4.69) is 10.1 Å². The van der Waals surface area contributed by atoms with Crippen LogP contribution in [0.2, 0.25) is 0 Å². The number of nitrogens with one attached hydrogen (secondary N) is 1. The summed E-state index contributed by atoms with van der Waals surface area (Å²) >= 11 is 0. The lowest BCUT2D eigenvalue weighted by atomic mass is 9.93. The Morgan fingerprint density at radius 1 is 1.03 bits per heavy atom. The van der Waals surface area contributed by atoms with Gasteiger partial charge in [0, 0.05) is 11.5 Å². The van der Waals surface area contributed by atoms with Crippen LogP contribution in [0.4, 0.5) is 0 Å². The minimum absolute atomic E-state index is 0.00148. The van der Waals surface area contributed by atoms with Crippen LogP contribution in [0.5, 0.6) is 11.5 Å². The largest absolute Gasteiger partial charge is 0.493 e. The van der Waals surface area contributed by atoms with Crippen molar-refractivity contribution < 1.29 is 28.5 Å². The van der Waals surface area contributed by atoms with Crippen LogP contribution >= 0.6 is 0 Å². The van der Waals surface area contributed by atoms with Gasteiger partial charge in [-0.2, -0.15) is 0 Å². The minimum atomic E-state index is -0.439. The molecule has 2 aromatic carbocycles. The van der Waals surface area contributed by atoms with Gasteiger partial charge in [-0.25, -0.2) is 4.79 Å². The van der Waals surface area contributed by atoms with E-state index in [1.54, 1.807) is 31.4 Å². The number of hydrogen-bond donors (Lipinski definition) is 1. The van der Waals surface area contributed by atoms with Gasteiger partial charge in [-0.3, -0.25) is 4.79 Å². The maximum Gasteiger partial charge on any atom is 0.337 e. The zero-order valence-corrected chi connectivity index (χ0v) is 16.8. The summed E-state index contributed by atoms with van der Waals surface area (Å²) in [6.45, 7) is 3.37. The maximum atomic E-state index is 12.7.